The van der Waals surface area contributed by atoms with Crippen LogP contribution in [0.25, 0.3) is 0 Å². The van der Waals surface area contributed by atoms with Gasteiger partial charge in [-0.1, -0.05) is 18.2 Å². The van der Waals surface area contributed by atoms with Gasteiger partial charge in [0.1, 0.15) is 0 Å². The first-order valence-corrected chi connectivity index (χ1v) is 8.24. The number of carboxylic acids is 1. The van der Waals surface area contributed by atoms with Crippen molar-refractivity contribution in [2.75, 3.05) is 31.1 Å². The first kappa shape index (κ1) is 15.6. The predicted octanol–water partition coefficient (Wildman–Crippen LogP) is 1.70. The van der Waals surface area contributed by atoms with Crippen molar-refractivity contribution in [2.45, 2.75) is 31.7 Å². The van der Waals surface area contributed by atoms with Crippen molar-refractivity contribution in [2.24, 2.45) is 0 Å². The molecular formula is C17H23N3O3. The average Bonchev–Trinajstić information content (AvgIpc) is 2.98. The van der Waals surface area contributed by atoms with Crippen molar-refractivity contribution >= 4 is 17.7 Å². The van der Waals surface area contributed by atoms with Crippen LogP contribution in [0.15, 0.2) is 24.3 Å². The van der Waals surface area contributed by atoms with E-state index >= 15 is 0 Å². The van der Waals surface area contributed by atoms with E-state index in [0.717, 1.165) is 38.9 Å². The molecule has 1 fully saturated rings. The third-order valence-electron chi connectivity index (χ3n) is 4.73. The van der Waals surface area contributed by atoms with Gasteiger partial charge in [0, 0.05) is 37.9 Å². The molecular weight excluding hydrogens is 294 g/mol. The summed E-state index contributed by atoms with van der Waals surface area (Å²) in [4.78, 5) is 26.8. The zero-order valence-corrected chi connectivity index (χ0v) is 13.2. The van der Waals surface area contributed by atoms with Crippen LogP contribution in [0.2, 0.25) is 0 Å². The van der Waals surface area contributed by atoms with Crippen molar-refractivity contribution in [3.8, 4) is 0 Å². The van der Waals surface area contributed by atoms with Crippen molar-refractivity contribution in [3.05, 3.63) is 29.8 Å². The summed E-state index contributed by atoms with van der Waals surface area (Å²) in [5.74, 6) is -0.892. The molecule has 1 aromatic rings. The summed E-state index contributed by atoms with van der Waals surface area (Å²) in [5, 5.41) is 11.3. The Kier molecular flexibility index (Phi) is 4.69. The van der Waals surface area contributed by atoms with E-state index in [4.69, 9.17) is 5.11 Å². The van der Waals surface area contributed by atoms with Gasteiger partial charge < -0.3 is 20.2 Å². The van der Waals surface area contributed by atoms with E-state index in [1.165, 1.54) is 11.3 Å². The summed E-state index contributed by atoms with van der Waals surface area (Å²) in [5.41, 5.74) is 2.76. The molecule has 0 radical (unpaired) electrons. The molecule has 2 aliphatic heterocycles. The Labute approximate surface area is 136 Å². The number of aliphatic carboxylic acids is 1. The summed E-state index contributed by atoms with van der Waals surface area (Å²) in [6.45, 7) is 2.70. The van der Waals surface area contributed by atoms with Gasteiger partial charge in [-0.3, -0.25) is 4.79 Å². The van der Waals surface area contributed by atoms with Gasteiger partial charge in [-0.15, -0.1) is 0 Å². The molecule has 124 valence electrons. The van der Waals surface area contributed by atoms with Gasteiger partial charge in [0.15, 0.2) is 0 Å². The van der Waals surface area contributed by atoms with Crippen molar-refractivity contribution in [1.29, 1.82) is 0 Å². The number of nitrogens with zero attached hydrogens (tertiary/aromatic N) is 2. The molecule has 0 bridgehead atoms. The number of carbonyl (C=O) groups excluding carboxylic acids is 1. The quantitative estimate of drug-likeness (QED) is 0.886. The number of para-hydroxylation sites is 1. The van der Waals surface area contributed by atoms with Gasteiger partial charge in [-0.25, -0.2) is 4.79 Å². The molecule has 0 saturated carbocycles. The Morgan fingerprint density at radius 2 is 1.91 bits per heavy atom. The zero-order chi connectivity index (χ0) is 16.2. The van der Waals surface area contributed by atoms with E-state index in [-0.39, 0.29) is 19.0 Å². The number of benzene rings is 1. The lowest BCUT2D eigenvalue weighted by Gasteiger charge is -2.38. The molecule has 2 aliphatic rings. The molecule has 23 heavy (non-hydrogen) atoms. The zero-order valence-electron chi connectivity index (χ0n) is 13.2. The molecule has 3 rings (SSSR count). The van der Waals surface area contributed by atoms with Gasteiger partial charge in [0.25, 0.3) is 0 Å². The van der Waals surface area contributed by atoms with E-state index in [0.29, 0.717) is 6.04 Å². The van der Waals surface area contributed by atoms with E-state index in [2.05, 4.69) is 34.5 Å². The first-order valence-electron chi connectivity index (χ1n) is 8.24. The molecule has 6 heteroatoms. The summed E-state index contributed by atoms with van der Waals surface area (Å²) >= 11 is 0. The lowest BCUT2D eigenvalue weighted by molar-refractivity contribution is -0.136. The largest absolute Gasteiger partial charge is 0.481 e. The highest BCUT2D eigenvalue weighted by Crippen LogP contribution is 2.32. The summed E-state index contributed by atoms with van der Waals surface area (Å²) in [7, 11) is 0. The maximum atomic E-state index is 12.0. The molecule has 1 saturated heterocycles. The van der Waals surface area contributed by atoms with Crippen molar-refractivity contribution in [1.82, 2.24) is 10.2 Å². The van der Waals surface area contributed by atoms with Crippen LogP contribution in [0, 0.1) is 0 Å². The Morgan fingerprint density at radius 1 is 1.17 bits per heavy atom. The van der Waals surface area contributed by atoms with Gasteiger partial charge >= 0.3 is 12.0 Å². The number of hydrogen-bond acceptors (Lipinski definition) is 3. The second-order valence-electron chi connectivity index (χ2n) is 6.17. The number of hydrogen-bond donors (Lipinski definition) is 2. The highest BCUT2D eigenvalue weighted by molar-refractivity contribution is 5.75. The van der Waals surface area contributed by atoms with E-state index in [1.54, 1.807) is 4.90 Å². The normalized spacial score (nSPS) is 17.9. The Balaban J connectivity index is 1.49. The Bertz CT molecular complexity index is 582. The topological polar surface area (TPSA) is 72.9 Å². The summed E-state index contributed by atoms with van der Waals surface area (Å²) in [6.07, 6.45) is 2.99. The maximum absolute atomic E-state index is 12.0. The van der Waals surface area contributed by atoms with Crippen LogP contribution in [0.4, 0.5) is 10.5 Å². The SMILES string of the molecule is O=C(O)CCNC(=O)N1CCC(N2CCc3ccccc32)CC1. The molecule has 1 aromatic carbocycles. The molecule has 0 atom stereocenters. The third-order valence-corrected chi connectivity index (χ3v) is 4.73. The number of carbonyl (C=O) groups is 2. The number of likely N-dealkylation sites (tertiary alicyclic amines) is 1. The monoisotopic (exact) mass is 317 g/mol. The molecule has 0 aliphatic carbocycles. The van der Waals surface area contributed by atoms with E-state index in [9.17, 15) is 9.59 Å². The summed E-state index contributed by atoms with van der Waals surface area (Å²) in [6, 6.07) is 8.90. The minimum Gasteiger partial charge on any atom is -0.481 e. The van der Waals surface area contributed by atoms with E-state index < -0.39 is 5.97 Å². The molecule has 2 amide bonds. The number of urea groups is 1. The van der Waals surface area contributed by atoms with Crippen molar-refractivity contribution in [3.63, 3.8) is 0 Å². The van der Waals surface area contributed by atoms with Crippen molar-refractivity contribution < 1.29 is 14.7 Å². The Hall–Kier alpha value is -2.24. The number of rotatable bonds is 4. The van der Waals surface area contributed by atoms with E-state index in [1.807, 2.05) is 0 Å². The fourth-order valence-corrected chi connectivity index (χ4v) is 3.51. The number of amides is 2. The molecule has 6 nitrogen and oxygen atoms in total. The number of nitrogens with one attached hydrogen (secondary N) is 1. The van der Waals surface area contributed by atoms with Crippen LogP contribution in [0.3, 0.4) is 0 Å². The molecule has 2 N–H and O–H groups in total. The van der Waals surface area contributed by atoms with Crippen LogP contribution in [-0.2, 0) is 11.2 Å². The standard InChI is InChI=1S/C17H23N3O3/c21-16(22)5-9-18-17(23)19-10-7-14(8-11-19)20-12-6-13-3-1-2-4-15(13)20/h1-4,14H,5-12H2,(H,18,23)(H,21,22). The second kappa shape index (κ2) is 6.89. The van der Waals surface area contributed by atoms with Crippen LogP contribution in [-0.4, -0.2) is 54.2 Å². The molecule has 0 spiro atoms. The molecule has 2 heterocycles. The van der Waals surface area contributed by atoms with Gasteiger partial charge in [0.2, 0.25) is 0 Å². The fourth-order valence-electron chi connectivity index (χ4n) is 3.51. The van der Waals surface area contributed by atoms with Gasteiger partial charge in [-0.2, -0.15) is 0 Å². The predicted molar refractivity (Wildman–Crippen MR) is 87.7 cm³/mol. The minimum atomic E-state index is -0.892. The molecule has 0 aromatic heterocycles. The molecule has 0 unspecified atom stereocenters. The summed E-state index contributed by atoms with van der Waals surface area (Å²) < 4.78 is 0. The first-order chi connectivity index (χ1) is 11.1. The van der Waals surface area contributed by atoms with Crippen LogP contribution in [0.1, 0.15) is 24.8 Å². The number of piperidine rings is 1. The third kappa shape index (κ3) is 3.57. The lowest BCUT2D eigenvalue weighted by atomic mass is 10.0. The lowest BCUT2D eigenvalue weighted by Crippen LogP contribution is -2.49. The van der Waals surface area contributed by atoms with Gasteiger partial charge in [0.05, 0.1) is 6.42 Å². The fraction of sp³-hybridized carbons (Fsp3) is 0.529. The van der Waals surface area contributed by atoms with Crippen LogP contribution >= 0.6 is 0 Å². The van der Waals surface area contributed by atoms with Crippen LogP contribution in [0.5, 0.6) is 0 Å². The van der Waals surface area contributed by atoms with Crippen LogP contribution < -0.4 is 10.2 Å². The maximum Gasteiger partial charge on any atom is 0.317 e. The highest BCUT2D eigenvalue weighted by Gasteiger charge is 2.30. The average molecular weight is 317 g/mol. The highest BCUT2D eigenvalue weighted by atomic mass is 16.4. The second-order valence-corrected chi connectivity index (χ2v) is 6.17. The number of fused-ring (bicyclic) bond motifs is 1. The van der Waals surface area contributed by atoms with Gasteiger partial charge in [-0.05, 0) is 30.9 Å². The number of anilines is 1. The Morgan fingerprint density at radius 3 is 2.65 bits per heavy atom. The number of carboxylic acid groups (broad SMARTS) is 1. The smallest absolute Gasteiger partial charge is 0.317 e. The minimum absolute atomic E-state index is 0.0350.